The fraction of sp³-hybridized carbons (Fsp3) is 0.278. The number of likely N-dealkylation sites (N-methyl/N-ethyl adjacent to an activating group) is 1. The Morgan fingerprint density at radius 2 is 2.00 bits per heavy atom. The van der Waals surface area contributed by atoms with Crippen molar-refractivity contribution in [3.8, 4) is 11.1 Å². The molecule has 0 saturated heterocycles. The summed E-state index contributed by atoms with van der Waals surface area (Å²) in [4.78, 5) is 25.5. The molecule has 1 atom stereocenters. The molecule has 7 nitrogen and oxygen atoms in total. The van der Waals surface area contributed by atoms with Crippen molar-refractivity contribution in [1.29, 1.82) is 0 Å². The first-order valence-electron chi connectivity index (χ1n) is 7.95. The number of imidazole rings is 1. The first kappa shape index (κ1) is 17.1. The van der Waals surface area contributed by atoms with Crippen LogP contribution < -0.4 is 0 Å². The maximum Gasteiger partial charge on any atom is 0.253 e. The summed E-state index contributed by atoms with van der Waals surface area (Å²) in [6.45, 7) is 1.59. The SMILES string of the molecule is Cc1nc2ncc(-c3ccc(C(=O)N(C)C[C@H](O)CO)cc3)cc2[nH]1. The zero-order chi connectivity index (χ0) is 18.0. The van der Waals surface area contributed by atoms with E-state index in [1.54, 1.807) is 25.4 Å². The van der Waals surface area contributed by atoms with Crippen molar-refractivity contribution in [2.75, 3.05) is 20.2 Å². The number of carbonyl (C=O) groups is 1. The standard InChI is InChI=1S/C18H20N4O3/c1-11-20-16-7-14(8-19-17(16)21-11)12-3-5-13(6-4-12)18(25)22(2)9-15(24)10-23/h3-8,15,23-24H,9-10H2,1-2H3,(H,19,20,21)/t15-/m0/s1. The van der Waals surface area contributed by atoms with Crippen molar-refractivity contribution in [1.82, 2.24) is 19.9 Å². The van der Waals surface area contributed by atoms with Crippen molar-refractivity contribution in [3.63, 3.8) is 0 Å². The van der Waals surface area contributed by atoms with Gasteiger partial charge in [-0.1, -0.05) is 12.1 Å². The Morgan fingerprint density at radius 3 is 2.68 bits per heavy atom. The lowest BCUT2D eigenvalue weighted by Gasteiger charge is -2.19. The number of hydrogen-bond donors (Lipinski definition) is 3. The lowest BCUT2D eigenvalue weighted by atomic mass is 10.0. The minimum Gasteiger partial charge on any atom is -0.394 e. The van der Waals surface area contributed by atoms with Gasteiger partial charge in [0.05, 0.1) is 18.2 Å². The van der Waals surface area contributed by atoms with Gasteiger partial charge in [0.1, 0.15) is 5.82 Å². The van der Waals surface area contributed by atoms with Gasteiger partial charge in [-0.15, -0.1) is 0 Å². The van der Waals surface area contributed by atoms with Crippen LogP contribution >= 0.6 is 0 Å². The number of amides is 1. The van der Waals surface area contributed by atoms with Gasteiger partial charge in [-0.25, -0.2) is 9.97 Å². The van der Waals surface area contributed by atoms with Crippen molar-refractivity contribution in [2.24, 2.45) is 0 Å². The van der Waals surface area contributed by atoms with Crippen LogP contribution in [0.15, 0.2) is 36.5 Å². The van der Waals surface area contributed by atoms with Gasteiger partial charge in [0.2, 0.25) is 0 Å². The second-order valence-corrected chi connectivity index (χ2v) is 6.02. The maximum absolute atomic E-state index is 12.3. The summed E-state index contributed by atoms with van der Waals surface area (Å²) in [6, 6.07) is 9.16. The highest BCUT2D eigenvalue weighted by atomic mass is 16.3. The number of nitrogens with zero attached hydrogens (tertiary/aromatic N) is 3. The molecule has 0 aliphatic carbocycles. The topological polar surface area (TPSA) is 102 Å². The van der Waals surface area contributed by atoms with Gasteiger partial charge < -0.3 is 20.1 Å². The Balaban J connectivity index is 1.79. The van der Waals surface area contributed by atoms with E-state index in [0.717, 1.165) is 22.5 Å². The number of benzene rings is 1. The fourth-order valence-corrected chi connectivity index (χ4v) is 2.66. The van der Waals surface area contributed by atoms with E-state index in [2.05, 4.69) is 15.0 Å². The number of aryl methyl sites for hydroxylation is 1. The van der Waals surface area contributed by atoms with E-state index in [1.165, 1.54) is 4.90 Å². The predicted molar refractivity (Wildman–Crippen MR) is 94.1 cm³/mol. The molecule has 0 saturated carbocycles. The van der Waals surface area contributed by atoms with Gasteiger partial charge >= 0.3 is 0 Å². The number of aliphatic hydroxyl groups excluding tert-OH is 2. The monoisotopic (exact) mass is 340 g/mol. The van der Waals surface area contributed by atoms with E-state index < -0.39 is 6.10 Å². The molecule has 130 valence electrons. The van der Waals surface area contributed by atoms with Crippen molar-refractivity contribution >= 4 is 17.1 Å². The van der Waals surface area contributed by atoms with Crippen LogP contribution in [-0.4, -0.2) is 62.3 Å². The first-order valence-corrected chi connectivity index (χ1v) is 7.95. The van der Waals surface area contributed by atoms with Gasteiger partial charge in [-0.3, -0.25) is 4.79 Å². The minimum atomic E-state index is -0.941. The average molecular weight is 340 g/mol. The number of nitrogens with one attached hydrogen (secondary N) is 1. The van der Waals surface area contributed by atoms with E-state index in [0.29, 0.717) is 11.2 Å². The number of pyridine rings is 1. The molecule has 2 aromatic heterocycles. The van der Waals surface area contributed by atoms with E-state index in [1.807, 2.05) is 25.1 Å². The number of aromatic nitrogens is 3. The quantitative estimate of drug-likeness (QED) is 0.651. The zero-order valence-corrected chi connectivity index (χ0v) is 14.1. The van der Waals surface area contributed by atoms with E-state index in [-0.39, 0.29) is 19.1 Å². The van der Waals surface area contributed by atoms with Crippen LogP contribution in [0.5, 0.6) is 0 Å². The lowest BCUT2D eigenvalue weighted by Crippen LogP contribution is -2.35. The second kappa shape index (κ2) is 7.00. The second-order valence-electron chi connectivity index (χ2n) is 6.02. The summed E-state index contributed by atoms with van der Waals surface area (Å²) >= 11 is 0. The fourth-order valence-electron chi connectivity index (χ4n) is 2.66. The molecule has 25 heavy (non-hydrogen) atoms. The van der Waals surface area contributed by atoms with Gasteiger partial charge in [-0.05, 0) is 30.7 Å². The molecular formula is C18H20N4O3. The third kappa shape index (κ3) is 3.67. The molecule has 0 bridgehead atoms. The third-order valence-electron chi connectivity index (χ3n) is 3.96. The molecule has 0 spiro atoms. The highest BCUT2D eigenvalue weighted by Crippen LogP contribution is 2.22. The molecule has 7 heteroatoms. The number of hydrogen-bond acceptors (Lipinski definition) is 5. The molecule has 3 aromatic rings. The Kier molecular flexibility index (Phi) is 4.78. The summed E-state index contributed by atoms with van der Waals surface area (Å²) < 4.78 is 0. The van der Waals surface area contributed by atoms with Crippen LogP contribution in [0.2, 0.25) is 0 Å². The highest BCUT2D eigenvalue weighted by molar-refractivity contribution is 5.94. The number of H-pyrrole nitrogens is 1. The maximum atomic E-state index is 12.3. The number of carbonyl (C=O) groups excluding carboxylic acids is 1. The molecule has 0 aliphatic rings. The third-order valence-corrected chi connectivity index (χ3v) is 3.96. The summed E-state index contributed by atoms with van der Waals surface area (Å²) in [5.74, 6) is 0.602. The molecule has 0 unspecified atom stereocenters. The number of aromatic amines is 1. The Labute approximate surface area is 145 Å². The van der Waals surface area contributed by atoms with Gasteiger partial charge in [0.25, 0.3) is 5.91 Å². The van der Waals surface area contributed by atoms with Crippen molar-refractivity contribution in [3.05, 3.63) is 47.9 Å². The van der Waals surface area contributed by atoms with Crippen LogP contribution in [0, 0.1) is 6.92 Å². The van der Waals surface area contributed by atoms with Crippen molar-refractivity contribution in [2.45, 2.75) is 13.0 Å². The van der Waals surface area contributed by atoms with Crippen LogP contribution in [0.4, 0.5) is 0 Å². The number of rotatable bonds is 5. The molecule has 1 aromatic carbocycles. The summed E-state index contributed by atoms with van der Waals surface area (Å²) in [7, 11) is 1.59. The molecule has 0 aliphatic heterocycles. The van der Waals surface area contributed by atoms with Gasteiger partial charge in [0, 0.05) is 30.9 Å². The van der Waals surface area contributed by atoms with Crippen LogP contribution in [0.1, 0.15) is 16.2 Å². The van der Waals surface area contributed by atoms with E-state index in [9.17, 15) is 9.90 Å². The molecule has 0 fully saturated rings. The van der Waals surface area contributed by atoms with Crippen LogP contribution in [0.25, 0.3) is 22.3 Å². The summed E-state index contributed by atoms with van der Waals surface area (Å²) in [5.41, 5.74) is 3.93. The van der Waals surface area contributed by atoms with Crippen molar-refractivity contribution < 1.29 is 15.0 Å². The molecule has 1 amide bonds. The van der Waals surface area contributed by atoms with Crippen LogP contribution in [0.3, 0.4) is 0 Å². The molecular weight excluding hydrogens is 320 g/mol. The zero-order valence-electron chi connectivity index (χ0n) is 14.1. The first-order chi connectivity index (χ1) is 12.0. The molecule has 3 rings (SSSR count). The largest absolute Gasteiger partial charge is 0.394 e. The van der Waals surface area contributed by atoms with E-state index >= 15 is 0 Å². The normalized spacial score (nSPS) is 12.3. The highest BCUT2D eigenvalue weighted by Gasteiger charge is 2.15. The Bertz CT molecular complexity index is 889. The molecule has 2 heterocycles. The smallest absolute Gasteiger partial charge is 0.253 e. The molecule has 3 N–H and O–H groups in total. The lowest BCUT2D eigenvalue weighted by molar-refractivity contribution is 0.0520. The van der Waals surface area contributed by atoms with Gasteiger partial charge in [-0.2, -0.15) is 0 Å². The minimum absolute atomic E-state index is 0.0802. The predicted octanol–water partition coefficient (Wildman–Crippen LogP) is 1.36. The van der Waals surface area contributed by atoms with Crippen LogP contribution in [-0.2, 0) is 0 Å². The Hall–Kier alpha value is -2.77. The Morgan fingerprint density at radius 1 is 1.28 bits per heavy atom. The summed E-state index contributed by atoms with van der Waals surface area (Å²) in [6.07, 6.45) is 0.812. The summed E-state index contributed by atoms with van der Waals surface area (Å²) in [5, 5.41) is 18.3. The molecule has 0 radical (unpaired) electrons. The van der Waals surface area contributed by atoms with Gasteiger partial charge in [0.15, 0.2) is 5.65 Å². The average Bonchev–Trinajstić information content (AvgIpc) is 3.00. The number of fused-ring (bicyclic) bond motifs is 1. The van der Waals surface area contributed by atoms with E-state index in [4.69, 9.17) is 5.11 Å². The number of aliphatic hydroxyl groups is 2.